The van der Waals surface area contributed by atoms with Gasteiger partial charge in [0.05, 0.1) is 4.47 Å². The van der Waals surface area contributed by atoms with Crippen LogP contribution in [0.5, 0.6) is 5.75 Å². The predicted molar refractivity (Wildman–Crippen MR) is 106 cm³/mol. The fourth-order valence-electron chi connectivity index (χ4n) is 3.23. The number of thiocarbonyl (C=S) groups is 1. The molecule has 0 atom stereocenters. The molecule has 1 aromatic rings. The van der Waals surface area contributed by atoms with Gasteiger partial charge in [-0.05, 0) is 64.8 Å². The van der Waals surface area contributed by atoms with Crippen molar-refractivity contribution in [3.63, 3.8) is 0 Å². The zero-order chi connectivity index (χ0) is 17.8. The van der Waals surface area contributed by atoms with E-state index in [2.05, 4.69) is 27.2 Å². The number of terminal acetylenes is 1. The number of nitrogens with zero attached hydrogens (tertiary/aromatic N) is 1. The zero-order valence-electron chi connectivity index (χ0n) is 13.8. The molecule has 1 aliphatic heterocycles. The van der Waals surface area contributed by atoms with Gasteiger partial charge in [-0.25, -0.2) is 0 Å². The molecule has 4 nitrogen and oxygen atoms in total. The van der Waals surface area contributed by atoms with Gasteiger partial charge in [0, 0.05) is 6.04 Å². The van der Waals surface area contributed by atoms with Gasteiger partial charge in [-0.15, -0.1) is 6.42 Å². The molecule has 0 radical (unpaired) electrons. The molecule has 6 heteroatoms. The Morgan fingerprint density at radius 3 is 2.84 bits per heavy atom. The fourth-order valence-corrected chi connectivity index (χ4v) is 4.08. The molecule has 1 heterocycles. The van der Waals surface area contributed by atoms with Gasteiger partial charge >= 0.3 is 0 Å². The van der Waals surface area contributed by atoms with Crippen LogP contribution in [0.4, 0.5) is 0 Å². The molecule has 1 saturated heterocycles. The number of ether oxygens (including phenoxy) is 1. The van der Waals surface area contributed by atoms with Crippen molar-refractivity contribution < 1.29 is 9.53 Å². The topological polar surface area (TPSA) is 41.6 Å². The van der Waals surface area contributed by atoms with Crippen molar-refractivity contribution in [1.82, 2.24) is 10.2 Å². The molecule has 1 aromatic carbocycles. The molecular formula is C19H19BrN2O2S. The van der Waals surface area contributed by atoms with Gasteiger partial charge in [0.25, 0.3) is 5.91 Å². The van der Waals surface area contributed by atoms with E-state index in [4.69, 9.17) is 23.4 Å². The van der Waals surface area contributed by atoms with Crippen LogP contribution in [0.3, 0.4) is 0 Å². The minimum Gasteiger partial charge on any atom is -0.480 e. The Morgan fingerprint density at radius 1 is 1.40 bits per heavy atom. The van der Waals surface area contributed by atoms with Gasteiger partial charge in [0.15, 0.2) is 5.11 Å². The molecule has 1 amide bonds. The fraction of sp³-hybridized carbons (Fsp3) is 0.368. The Kier molecular flexibility index (Phi) is 5.77. The summed E-state index contributed by atoms with van der Waals surface area (Å²) in [5.74, 6) is 3.06. The first-order valence-electron chi connectivity index (χ1n) is 8.32. The summed E-state index contributed by atoms with van der Waals surface area (Å²) in [6.45, 7) is 0.212. The van der Waals surface area contributed by atoms with Crippen LogP contribution in [0.1, 0.15) is 37.7 Å². The van der Waals surface area contributed by atoms with Crippen molar-refractivity contribution in [3.05, 3.63) is 33.9 Å². The minimum atomic E-state index is -0.0410. The summed E-state index contributed by atoms with van der Waals surface area (Å²) in [6.07, 6.45) is 12.6. The van der Waals surface area contributed by atoms with E-state index in [1.54, 1.807) is 4.90 Å². The normalized spacial score (nSPS) is 19.8. The van der Waals surface area contributed by atoms with Gasteiger partial charge in [0.2, 0.25) is 0 Å². The number of nitrogens with one attached hydrogen (secondary N) is 1. The van der Waals surface area contributed by atoms with Crippen molar-refractivity contribution >= 4 is 45.2 Å². The van der Waals surface area contributed by atoms with Crippen molar-refractivity contribution in [2.75, 3.05) is 6.61 Å². The summed E-state index contributed by atoms with van der Waals surface area (Å²) in [5, 5.41) is 3.57. The number of hydrogen-bond donors (Lipinski definition) is 1. The predicted octanol–water partition coefficient (Wildman–Crippen LogP) is 3.85. The van der Waals surface area contributed by atoms with Crippen LogP contribution in [-0.4, -0.2) is 28.6 Å². The maximum atomic E-state index is 12.8. The third kappa shape index (κ3) is 4.05. The highest BCUT2D eigenvalue weighted by Gasteiger charge is 2.36. The second-order valence-electron chi connectivity index (χ2n) is 6.14. The molecule has 0 unspecified atom stereocenters. The molecule has 0 spiro atoms. The molecule has 1 N–H and O–H groups in total. The summed E-state index contributed by atoms with van der Waals surface area (Å²) in [6, 6.07) is 5.81. The standard InChI is InChI=1S/C19H19BrN2O2S/c1-2-10-24-17-9-8-13(11-15(17)20)12-16-18(23)22(19(25)21-16)14-6-4-3-5-7-14/h1,8-9,11-12,14H,3-7,10H2,(H,21,25)/b16-12-. The number of carbonyl (C=O) groups is 1. The Balaban J connectivity index is 1.77. The summed E-state index contributed by atoms with van der Waals surface area (Å²) >= 11 is 8.85. The highest BCUT2D eigenvalue weighted by atomic mass is 79.9. The van der Waals surface area contributed by atoms with Crippen LogP contribution in [0.15, 0.2) is 28.4 Å². The molecule has 1 aliphatic carbocycles. The highest BCUT2D eigenvalue weighted by Crippen LogP contribution is 2.29. The van der Waals surface area contributed by atoms with E-state index in [9.17, 15) is 4.79 Å². The average Bonchev–Trinajstić information content (AvgIpc) is 2.88. The lowest BCUT2D eigenvalue weighted by Gasteiger charge is -2.29. The first-order chi connectivity index (χ1) is 12.1. The lowest BCUT2D eigenvalue weighted by molar-refractivity contribution is -0.124. The van der Waals surface area contributed by atoms with Gasteiger partial charge in [0.1, 0.15) is 18.1 Å². The van der Waals surface area contributed by atoms with Gasteiger partial charge in [-0.3, -0.25) is 9.69 Å². The van der Waals surface area contributed by atoms with E-state index in [1.807, 2.05) is 24.3 Å². The monoisotopic (exact) mass is 418 g/mol. The van der Waals surface area contributed by atoms with Gasteiger partial charge in [-0.2, -0.15) is 0 Å². The zero-order valence-corrected chi connectivity index (χ0v) is 16.2. The van der Waals surface area contributed by atoms with Crippen LogP contribution in [-0.2, 0) is 4.79 Å². The van der Waals surface area contributed by atoms with Crippen LogP contribution < -0.4 is 10.1 Å². The van der Waals surface area contributed by atoms with E-state index in [1.165, 1.54) is 6.42 Å². The Morgan fingerprint density at radius 2 is 2.16 bits per heavy atom. The van der Waals surface area contributed by atoms with E-state index < -0.39 is 0 Å². The van der Waals surface area contributed by atoms with E-state index in [0.717, 1.165) is 35.7 Å². The number of amides is 1. The Labute approximate surface area is 161 Å². The largest absolute Gasteiger partial charge is 0.480 e. The first kappa shape index (κ1) is 18.0. The molecule has 25 heavy (non-hydrogen) atoms. The molecule has 2 fully saturated rings. The molecule has 2 aliphatic rings. The van der Waals surface area contributed by atoms with E-state index >= 15 is 0 Å². The number of hydrogen-bond acceptors (Lipinski definition) is 3. The number of carbonyl (C=O) groups excluding carboxylic acids is 1. The van der Waals surface area contributed by atoms with Crippen molar-refractivity contribution in [2.45, 2.75) is 38.1 Å². The number of benzene rings is 1. The third-order valence-electron chi connectivity index (χ3n) is 4.43. The van der Waals surface area contributed by atoms with Crippen LogP contribution in [0.2, 0.25) is 0 Å². The van der Waals surface area contributed by atoms with Crippen LogP contribution >= 0.6 is 28.1 Å². The summed E-state index contributed by atoms with van der Waals surface area (Å²) < 4.78 is 6.22. The quantitative estimate of drug-likeness (QED) is 0.457. The second kappa shape index (κ2) is 8.03. The average molecular weight is 419 g/mol. The van der Waals surface area contributed by atoms with Crippen molar-refractivity contribution in [3.8, 4) is 18.1 Å². The van der Waals surface area contributed by atoms with E-state index in [-0.39, 0.29) is 18.6 Å². The molecule has 0 bridgehead atoms. The maximum absolute atomic E-state index is 12.8. The van der Waals surface area contributed by atoms with E-state index in [0.29, 0.717) is 16.6 Å². The van der Waals surface area contributed by atoms with Crippen LogP contribution in [0, 0.1) is 12.3 Å². The Hall–Kier alpha value is -1.84. The summed E-state index contributed by atoms with van der Waals surface area (Å²) in [4.78, 5) is 14.5. The van der Waals surface area contributed by atoms with Crippen molar-refractivity contribution in [1.29, 1.82) is 0 Å². The lowest BCUT2D eigenvalue weighted by Crippen LogP contribution is -2.41. The lowest BCUT2D eigenvalue weighted by atomic mass is 9.94. The molecule has 130 valence electrons. The molecule has 0 aromatic heterocycles. The second-order valence-corrected chi connectivity index (χ2v) is 7.38. The molecular weight excluding hydrogens is 400 g/mol. The van der Waals surface area contributed by atoms with Gasteiger partial charge in [-0.1, -0.05) is 31.2 Å². The highest BCUT2D eigenvalue weighted by molar-refractivity contribution is 9.10. The van der Waals surface area contributed by atoms with Gasteiger partial charge < -0.3 is 10.1 Å². The van der Waals surface area contributed by atoms with Crippen LogP contribution in [0.25, 0.3) is 6.08 Å². The third-order valence-corrected chi connectivity index (χ3v) is 5.35. The smallest absolute Gasteiger partial charge is 0.276 e. The summed E-state index contributed by atoms with van der Waals surface area (Å²) in [7, 11) is 0. The molecule has 1 saturated carbocycles. The first-order valence-corrected chi connectivity index (χ1v) is 9.52. The minimum absolute atomic E-state index is 0.0410. The summed E-state index contributed by atoms with van der Waals surface area (Å²) in [5.41, 5.74) is 1.39. The Bertz CT molecular complexity index is 763. The maximum Gasteiger partial charge on any atom is 0.276 e. The van der Waals surface area contributed by atoms with Crippen molar-refractivity contribution in [2.24, 2.45) is 0 Å². The number of rotatable bonds is 4. The SMILES string of the molecule is C#CCOc1ccc(/C=C2\NC(=S)N(C3CCCCC3)C2=O)cc1Br. The number of halogens is 1. The molecule has 3 rings (SSSR count).